The number of hydrogen-bond acceptors (Lipinski definition) is 4. The Balaban J connectivity index is 0.000000217. The predicted molar refractivity (Wildman–Crippen MR) is 218 cm³/mol. The van der Waals surface area contributed by atoms with E-state index in [1.165, 1.54) is 10.8 Å². The van der Waals surface area contributed by atoms with Gasteiger partial charge in [-0.2, -0.15) is 0 Å². The maximum absolute atomic E-state index is 6.42. The van der Waals surface area contributed by atoms with Crippen LogP contribution in [-0.2, 0) is 37.5 Å². The molecular formula is C45H52IrN4OSi-2. The molecule has 0 N–H and O–H groups in total. The summed E-state index contributed by atoms with van der Waals surface area (Å²) in [5, 5.41) is 3.62. The maximum atomic E-state index is 6.42. The van der Waals surface area contributed by atoms with E-state index in [-0.39, 0.29) is 31.1 Å². The molecule has 4 aromatic heterocycles. The molecule has 0 bridgehead atoms. The summed E-state index contributed by atoms with van der Waals surface area (Å²) in [4.78, 5) is 14.6. The van der Waals surface area contributed by atoms with Crippen molar-refractivity contribution in [2.45, 2.75) is 99.3 Å². The minimum atomic E-state index is -1.34. The van der Waals surface area contributed by atoms with E-state index < -0.39 is 8.07 Å². The Labute approximate surface area is 324 Å². The molecule has 0 unspecified atom stereocenters. The van der Waals surface area contributed by atoms with Crippen LogP contribution in [0, 0.1) is 25.0 Å². The van der Waals surface area contributed by atoms with Crippen molar-refractivity contribution in [2.75, 3.05) is 0 Å². The third-order valence-corrected chi connectivity index (χ3v) is 11.3. The summed E-state index contributed by atoms with van der Waals surface area (Å²) < 4.78 is 8.70. The molecule has 7 rings (SSSR count). The van der Waals surface area contributed by atoms with Gasteiger partial charge in [-0.25, -0.2) is 4.98 Å². The zero-order valence-electron chi connectivity index (χ0n) is 32.8. The normalized spacial score (nSPS) is 12.3. The summed E-state index contributed by atoms with van der Waals surface area (Å²) in [6.07, 6.45) is 3.24. The van der Waals surface area contributed by atoms with Crippen molar-refractivity contribution in [3.05, 3.63) is 108 Å². The SMILES string of the molecule is CC(C)Cc1cc(-c2[c-]cccc2)ncc1[Si](C)(C)C.Cc1c[c-]c(-c2nc3ccccc3n2C(C)(C)C)c2oc3nc(C(C)(C)C)ccc3c12.[Ir]. The number of para-hydroxylation sites is 2. The quantitative estimate of drug-likeness (QED) is 0.128. The maximum Gasteiger partial charge on any atom is 0.216 e. The number of nitrogens with zero attached hydrogens (tertiary/aromatic N) is 4. The Morgan fingerprint density at radius 3 is 2.23 bits per heavy atom. The fourth-order valence-corrected chi connectivity index (χ4v) is 8.39. The van der Waals surface area contributed by atoms with Gasteiger partial charge in [0.25, 0.3) is 0 Å². The van der Waals surface area contributed by atoms with Crippen LogP contribution in [0.1, 0.15) is 72.2 Å². The number of aromatic nitrogens is 4. The molecule has 0 saturated heterocycles. The van der Waals surface area contributed by atoms with Gasteiger partial charge in [0.2, 0.25) is 5.71 Å². The number of rotatable bonds is 5. The van der Waals surface area contributed by atoms with Gasteiger partial charge in [-0.1, -0.05) is 95.9 Å². The predicted octanol–water partition coefficient (Wildman–Crippen LogP) is 11.4. The Morgan fingerprint density at radius 1 is 0.885 bits per heavy atom. The second-order valence-electron chi connectivity index (χ2n) is 17.2. The second kappa shape index (κ2) is 14.8. The van der Waals surface area contributed by atoms with Gasteiger partial charge in [-0.05, 0) is 68.3 Å². The Bertz CT molecular complexity index is 2330. The topological polar surface area (TPSA) is 56.7 Å². The number of fused-ring (bicyclic) bond motifs is 4. The van der Waals surface area contributed by atoms with Crippen LogP contribution in [0.4, 0.5) is 0 Å². The monoisotopic (exact) mass is 885 g/mol. The summed E-state index contributed by atoms with van der Waals surface area (Å²) in [6.45, 7) is 26.9. The number of furan rings is 1. The first kappa shape index (κ1) is 39.3. The van der Waals surface area contributed by atoms with Gasteiger partial charge in [0.05, 0.1) is 30.5 Å². The van der Waals surface area contributed by atoms with Gasteiger partial charge < -0.3 is 14.0 Å². The van der Waals surface area contributed by atoms with Crippen LogP contribution in [0.25, 0.3) is 55.7 Å². The van der Waals surface area contributed by atoms with E-state index in [0.717, 1.165) is 67.7 Å². The summed E-state index contributed by atoms with van der Waals surface area (Å²) in [5.74, 6) is 1.54. The number of pyridine rings is 2. The molecule has 0 fully saturated rings. The molecular weight excluding hydrogens is 833 g/mol. The molecule has 273 valence electrons. The average Bonchev–Trinajstić information content (AvgIpc) is 3.64. The van der Waals surface area contributed by atoms with Crippen LogP contribution in [0.5, 0.6) is 0 Å². The first-order chi connectivity index (χ1) is 23.9. The van der Waals surface area contributed by atoms with Crippen molar-refractivity contribution in [2.24, 2.45) is 5.92 Å². The van der Waals surface area contributed by atoms with E-state index >= 15 is 0 Å². The molecule has 0 aliphatic rings. The number of hydrogen-bond donors (Lipinski definition) is 0. The number of aryl methyl sites for hydroxylation is 1. The number of benzene rings is 3. The van der Waals surface area contributed by atoms with Crippen molar-refractivity contribution >= 4 is 46.4 Å². The van der Waals surface area contributed by atoms with Crippen LogP contribution < -0.4 is 5.19 Å². The minimum absolute atomic E-state index is 0. The zero-order valence-corrected chi connectivity index (χ0v) is 36.2. The Kier molecular flexibility index (Phi) is 11.2. The van der Waals surface area contributed by atoms with E-state index in [4.69, 9.17) is 14.4 Å². The molecule has 0 aliphatic carbocycles. The van der Waals surface area contributed by atoms with E-state index in [9.17, 15) is 0 Å². The standard InChI is InChI=1S/C27H28N3O.C18H24NSi.Ir/c1-16-12-13-18(24-28-19-10-8-9-11-20(19)30(24)27(5,6)7)23-22(16)17-14-15-21(26(2,3)4)29-25(17)31-23;1-14(2)11-16-12-17(15-9-7-6-8-10-15)19-13-18(16)20(3,4)5;/h8-12,14-15H,1-7H3;6-9,12-14H,11H2,1-5H3;/q2*-1;. The van der Waals surface area contributed by atoms with Crippen molar-refractivity contribution in [1.29, 1.82) is 0 Å². The van der Waals surface area contributed by atoms with Crippen LogP contribution in [0.3, 0.4) is 0 Å². The van der Waals surface area contributed by atoms with Crippen LogP contribution in [-0.4, -0.2) is 27.6 Å². The van der Waals surface area contributed by atoms with Gasteiger partial charge in [-0.15, -0.1) is 53.6 Å². The molecule has 7 aromatic rings. The number of imidazole rings is 1. The molecule has 5 nitrogen and oxygen atoms in total. The Morgan fingerprint density at radius 2 is 1.60 bits per heavy atom. The molecule has 0 saturated carbocycles. The first-order valence-electron chi connectivity index (χ1n) is 18.1. The van der Waals surface area contributed by atoms with Crippen LogP contribution in [0.15, 0.2) is 83.4 Å². The molecule has 0 amide bonds. The average molecular weight is 885 g/mol. The molecule has 7 heteroatoms. The van der Waals surface area contributed by atoms with E-state index in [0.29, 0.717) is 11.6 Å². The third-order valence-electron chi connectivity index (χ3n) is 9.24. The van der Waals surface area contributed by atoms with Crippen molar-refractivity contribution in [3.63, 3.8) is 0 Å². The van der Waals surface area contributed by atoms with Crippen molar-refractivity contribution < 1.29 is 24.5 Å². The fourth-order valence-electron chi connectivity index (χ4n) is 6.80. The smallest absolute Gasteiger partial charge is 0.216 e. The van der Waals surface area contributed by atoms with Crippen molar-refractivity contribution in [3.8, 4) is 22.6 Å². The van der Waals surface area contributed by atoms with Gasteiger partial charge in [-0.3, -0.25) is 4.98 Å². The van der Waals surface area contributed by atoms with Gasteiger partial charge >= 0.3 is 0 Å². The third kappa shape index (κ3) is 8.02. The molecule has 1 radical (unpaired) electrons. The minimum Gasteiger partial charge on any atom is -0.486 e. The van der Waals surface area contributed by atoms with E-state index in [2.05, 4.69) is 152 Å². The van der Waals surface area contributed by atoms with Crippen molar-refractivity contribution in [1.82, 2.24) is 19.5 Å². The summed E-state index contributed by atoms with van der Waals surface area (Å²) in [7, 11) is -1.34. The van der Waals surface area contributed by atoms with Gasteiger partial charge in [0.15, 0.2) is 0 Å². The molecule has 0 atom stereocenters. The van der Waals surface area contributed by atoms with E-state index in [1.807, 2.05) is 30.3 Å². The molecule has 52 heavy (non-hydrogen) atoms. The van der Waals surface area contributed by atoms with E-state index in [1.54, 1.807) is 0 Å². The molecule has 3 aromatic carbocycles. The molecule has 0 spiro atoms. The van der Waals surface area contributed by atoms with Gasteiger partial charge in [0.1, 0.15) is 0 Å². The summed E-state index contributed by atoms with van der Waals surface area (Å²) >= 11 is 0. The zero-order chi connectivity index (χ0) is 36.9. The second-order valence-corrected chi connectivity index (χ2v) is 22.3. The molecule has 0 aliphatic heterocycles. The summed E-state index contributed by atoms with van der Waals surface area (Å²) in [6, 6.07) is 31.6. The largest absolute Gasteiger partial charge is 0.486 e. The Hall–Kier alpha value is -3.90. The summed E-state index contributed by atoms with van der Waals surface area (Å²) in [5.41, 5.74) is 9.98. The van der Waals surface area contributed by atoms with Gasteiger partial charge in [0, 0.05) is 48.3 Å². The van der Waals surface area contributed by atoms with Crippen LogP contribution in [0.2, 0.25) is 19.6 Å². The first-order valence-corrected chi connectivity index (χ1v) is 21.6. The fraction of sp³-hybridized carbons (Fsp3) is 0.356. The molecule has 4 heterocycles. The van der Waals surface area contributed by atoms with Crippen LogP contribution >= 0.6 is 0 Å².